The SMILES string of the molecule is COCCN(CCOC)S(=O)(=O)N1Cc2cc(C#N)ccc2N(Cc2cccnc2)C[C@H]1Cc1ccccc1. The number of fused-ring (bicyclic) bond motifs is 1. The van der Waals surface area contributed by atoms with E-state index < -0.39 is 10.2 Å². The van der Waals surface area contributed by atoms with E-state index in [0.717, 1.165) is 22.4 Å². The third-order valence-electron chi connectivity index (χ3n) is 6.84. The van der Waals surface area contributed by atoms with Crippen molar-refractivity contribution in [2.75, 3.05) is 52.0 Å². The van der Waals surface area contributed by atoms with Crippen LogP contribution in [0.1, 0.15) is 22.3 Å². The molecule has 0 spiro atoms. The van der Waals surface area contributed by atoms with Crippen LogP contribution in [-0.4, -0.2) is 75.1 Å². The van der Waals surface area contributed by atoms with Crippen LogP contribution in [0.15, 0.2) is 73.1 Å². The lowest BCUT2D eigenvalue weighted by molar-refractivity contribution is 0.144. The first-order chi connectivity index (χ1) is 19.0. The van der Waals surface area contributed by atoms with Gasteiger partial charge in [0.2, 0.25) is 0 Å². The van der Waals surface area contributed by atoms with Crippen LogP contribution >= 0.6 is 0 Å². The van der Waals surface area contributed by atoms with Gasteiger partial charge in [0.1, 0.15) is 0 Å². The summed E-state index contributed by atoms with van der Waals surface area (Å²) >= 11 is 0. The number of hydrogen-bond acceptors (Lipinski definition) is 7. The summed E-state index contributed by atoms with van der Waals surface area (Å²) in [6, 6.07) is 21.2. The second-order valence-electron chi connectivity index (χ2n) is 9.48. The Labute approximate surface area is 231 Å². The van der Waals surface area contributed by atoms with Crippen molar-refractivity contribution in [3.63, 3.8) is 0 Å². The summed E-state index contributed by atoms with van der Waals surface area (Å²) in [5, 5.41) is 9.63. The molecule has 10 heteroatoms. The Morgan fingerprint density at radius 1 is 1.03 bits per heavy atom. The van der Waals surface area contributed by atoms with Crippen molar-refractivity contribution >= 4 is 15.9 Å². The molecule has 0 aliphatic carbocycles. The molecule has 0 fully saturated rings. The van der Waals surface area contributed by atoms with Crippen LogP contribution in [0, 0.1) is 11.3 Å². The molecule has 1 atom stereocenters. The summed E-state index contributed by atoms with van der Waals surface area (Å²) in [5.41, 5.74) is 4.26. The van der Waals surface area contributed by atoms with Gasteiger partial charge < -0.3 is 14.4 Å². The van der Waals surface area contributed by atoms with Crippen LogP contribution in [0.3, 0.4) is 0 Å². The first-order valence-corrected chi connectivity index (χ1v) is 14.3. The van der Waals surface area contributed by atoms with Crippen LogP contribution in [0.2, 0.25) is 0 Å². The zero-order valence-corrected chi connectivity index (χ0v) is 23.3. The standard InChI is InChI=1S/C29H35N5O4S/c1-37-15-13-33(14-16-38-2)39(35,36)34-22-27-17-25(19-30)10-11-29(27)32(21-26-9-6-12-31-20-26)23-28(34)18-24-7-4-3-5-8-24/h3-12,17,20,28H,13-16,18,21-23H2,1-2H3/t28-/m1/s1. The molecular weight excluding hydrogens is 514 g/mol. The summed E-state index contributed by atoms with van der Waals surface area (Å²) in [4.78, 5) is 6.47. The fourth-order valence-corrected chi connectivity index (χ4v) is 6.62. The number of benzene rings is 2. The van der Waals surface area contributed by atoms with Crippen molar-refractivity contribution < 1.29 is 17.9 Å². The molecule has 206 valence electrons. The molecule has 4 rings (SSSR count). The monoisotopic (exact) mass is 549 g/mol. The average molecular weight is 550 g/mol. The minimum absolute atomic E-state index is 0.144. The molecule has 1 aromatic heterocycles. The van der Waals surface area contributed by atoms with Crippen LogP contribution in [0.5, 0.6) is 0 Å². The van der Waals surface area contributed by atoms with Gasteiger partial charge in [-0.1, -0.05) is 36.4 Å². The minimum atomic E-state index is -3.94. The predicted octanol–water partition coefficient (Wildman–Crippen LogP) is 3.23. The lowest BCUT2D eigenvalue weighted by atomic mass is 10.1. The molecule has 3 aromatic rings. The number of anilines is 1. The van der Waals surface area contributed by atoms with Crippen molar-refractivity contribution in [3.8, 4) is 6.07 Å². The van der Waals surface area contributed by atoms with E-state index in [1.165, 1.54) is 4.31 Å². The van der Waals surface area contributed by atoms with Gasteiger partial charge in [-0.2, -0.15) is 22.3 Å². The molecule has 1 aliphatic heterocycles. The Kier molecular flexibility index (Phi) is 10.0. The second-order valence-corrected chi connectivity index (χ2v) is 11.4. The van der Waals surface area contributed by atoms with E-state index in [9.17, 15) is 13.7 Å². The Morgan fingerprint density at radius 2 is 1.74 bits per heavy atom. The highest BCUT2D eigenvalue weighted by atomic mass is 32.2. The smallest absolute Gasteiger partial charge is 0.282 e. The molecular formula is C29H35N5O4S. The van der Waals surface area contributed by atoms with E-state index in [1.54, 1.807) is 36.9 Å². The van der Waals surface area contributed by atoms with Crippen LogP contribution in [-0.2, 0) is 39.2 Å². The second kappa shape index (κ2) is 13.6. The molecule has 0 unspecified atom stereocenters. The third-order valence-corrected chi connectivity index (χ3v) is 8.87. The Bertz CT molecular complexity index is 1340. The lowest BCUT2D eigenvalue weighted by Crippen LogP contribution is -2.52. The maximum atomic E-state index is 14.3. The highest BCUT2D eigenvalue weighted by molar-refractivity contribution is 7.86. The van der Waals surface area contributed by atoms with Gasteiger partial charge >= 0.3 is 0 Å². The zero-order chi connectivity index (χ0) is 27.7. The molecule has 39 heavy (non-hydrogen) atoms. The number of hydrogen-bond donors (Lipinski definition) is 0. The Morgan fingerprint density at radius 3 is 2.38 bits per heavy atom. The molecule has 0 N–H and O–H groups in total. The molecule has 1 aliphatic rings. The van der Waals surface area contributed by atoms with Crippen molar-refractivity contribution in [1.29, 1.82) is 5.26 Å². The van der Waals surface area contributed by atoms with Gasteiger partial charge in [-0.05, 0) is 47.4 Å². The number of nitriles is 1. The molecule has 0 bridgehead atoms. The quantitative estimate of drug-likeness (QED) is 0.342. The van der Waals surface area contributed by atoms with Gasteiger partial charge in [0.15, 0.2) is 0 Å². The predicted molar refractivity (Wildman–Crippen MR) is 150 cm³/mol. The fourth-order valence-electron chi connectivity index (χ4n) is 4.89. The number of aromatic nitrogens is 1. The topological polar surface area (TPSA) is 99.0 Å². The third kappa shape index (κ3) is 7.20. The summed E-state index contributed by atoms with van der Waals surface area (Å²) in [6.45, 7) is 2.12. The van der Waals surface area contributed by atoms with Crippen molar-refractivity contribution in [1.82, 2.24) is 13.6 Å². The van der Waals surface area contributed by atoms with Gasteiger partial charge in [0, 0.05) is 71.1 Å². The molecule has 9 nitrogen and oxygen atoms in total. The molecule has 0 saturated carbocycles. The minimum Gasteiger partial charge on any atom is -0.383 e. The maximum absolute atomic E-state index is 14.3. The van der Waals surface area contributed by atoms with Gasteiger partial charge in [-0.15, -0.1) is 0 Å². The van der Waals surface area contributed by atoms with E-state index in [-0.39, 0.29) is 38.9 Å². The maximum Gasteiger partial charge on any atom is 0.282 e. The number of ether oxygens (including phenoxy) is 2. The lowest BCUT2D eigenvalue weighted by Gasteiger charge is -2.35. The van der Waals surface area contributed by atoms with Crippen molar-refractivity contribution in [3.05, 3.63) is 95.3 Å². The van der Waals surface area contributed by atoms with Gasteiger partial charge in [-0.25, -0.2) is 0 Å². The summed E-state index contributed by atoms with van der Waals surface area (Å²) in [7, 11) is -0.821. The van der Waals surface area contributed by atoms with Crippen LogP contribution in [0.25, 0.3) is 0 Å². The van der Waals surface area contributed by atoms with Gasteiger partial charge in [0.25, 0.3) is 10.2 Å². The highest BCUT2D eigenvalue weighted by Crippen LogP contribution is 2.33. The Balaban J connectivity index is 1.80. The number of nitrogens with zero attached hydrogens (tertiary/aromatic N) is 5. The first kappa shape index (κ1) is 28.7. The van der Waals surface area contributed by atoms with Crippen LogP contribution in [0.4, 0.5) is 5.69 Å². The molecule has 0 amide bonds. The number of rotatable bonds is 12. The first-order valence-electron chi connectivity index (χ1n) is 12.9. The van der Waals surface area contributed by atoms with Crippen LogP contribution < -0.4 is 4.90 Å². The van der Waals surface area contributed by atoms with E-state index in [0.29, 0.717) is 25.1 Å². The summed E-state index contributed by atoms with van der Waals surface area (Å²) < 4.78 is 42.2. The molecule has 0 radical (unpaired) electrons. The molecule has 2 heterocycles. The Hall–Kier alpha value is -3.33. The normalized spacial score (nSPS) is 16.1. The van der Waals surface area contributed by atoms with E-state index in [1.807, 2.05) is 54.7 Å². The number of methoxy groups -OCH3 is 2. The van der Waals surface area contributed by atoms with Gasteiger partial charge in [-0.3, -0.25) is 4.98 Å². The van der Waals surface area contributed by atoms with Crippen molar-refractivity contribution in [2.45, 2.75) is 25.6 Å². The van der Waals surface area contributed by atoms with Crippen molar-refractivity contribution in [2.24, 2.45) is 0 Å². The zero-order valence-electron chi connectivity index (χ0n) is 22.4. The van der Waals surface area contributed by atoms with Gasteiger partial charge in [0.05, 0.1) is 24.8 Å². The largest absolute Gasteiger partial charge is 0.383 e. The highest BCUT2D eigenvalue weighted by Gasteiger charge is 2.38. The molecule has 2 aromatic carbocycles. The number of pyridine rings is 1. The van der Waals surface area contributed by atoms with E-state index in [4.69, 9.17) is 9.47 Å². The summed E-state index contributed by atoms with van der Waals surface area (Å²) in [5.74, 6) is 0. The fraction of sp³-hybridized carbons (Fsp3) is 0.379. The van der Waals surface area contributed by atoms with E-state index in [2.05, 4.69) is 16.0 Å². The summed E-state index contributed by atoms with van der Waals surface area (Å²) in [6.07, 6.45) is 4.09. The molecule has 0 saturated heterocycles. The average Bonchev–Trinajstić information content (AvgIpc) is 3.10. The van der Waals surface area contributed by atoms with E-state index >= 15 is 0 Å².